The summed E-state index contributed by atoms with van der Waals surface area (Å²) in [5.41, 5.74) is 4.74. The molecule has 2 atom stereocenters. The van der Waals surface area contributed by atoms with Crippen LogP contribution in [0.25, 0.3) is 0 Å². The van der Waals surface area contributed by atoms with E-state index in [2.05, 4.69) is 10.6 Å². The van der Waals surface area contributed by atoms with Crippen LogP contribution in [0.3, 0.4) is 0 Å². The monoisotopic (exact) mass is 423 g/mol. The number of hydrogen-bond donors (Lipinski definition) is 3. The third-order valence-corrected chi connectivity index (χ3v) is 4.16. The summed E-state index contributed by atoms with van der Waals surface area (Å²) in [4.78, 5) is 24.1. The number of alkyl halides is 3. The van der Waals surface area contributed by atoms with Crippen molar-refractivity contribution in [3.8, 4) is 0 Å². The fourth-order valence-electron chi connectivity index (χ4n) is 2.49. The molecule has 0 aliphatic heterocycles. The first-order valence-corrected chi connectivity index (χ1v) is 8.73. The third kappa shape index (κ3) is 7.67. The summed E-state index contributed by atoms with van der Waals surface area (Å²) in [6.07, 6.45) is -4.47. The molecule has 0 fully saturated rings. The van der Waals surface area contributed by atoms with Crippen molar-refractivity contribution in [2.75, 3.05) is 6.54 Å². The summed E-state index contributed by atoms with van der Waals surface area (Å²) in [6.45, 7) is 8.70. The summed E-state index contributed by atoms with van der Waals surface area (Å²) in [7, 11) is 0. The quantitative estimate of drug-likeness (QED) is 0.655. The van der Waals surface area contributed by atoms with E-state index in [9.17, 15) is 22.8 Å². The molecule has 1 aromatic rings. The van der Waals surface area contributed by atoms with Gasteiger partial charge >= 0.3 is 6.18 Å². The highest BCUT2D eigenvalue weighted by Crippen LogP contribution is 2.36. The molecule has 0 radical (unpaired) electrons. The van der Waals surface area contributed by atoms with Crippen LogP contribution in [0.5, 0.6) is 0 Å². The second kappa shape index (κ2) is 10.1. The normalized spacial score (nSPS) is 14.1. The molecule has 9 heteroatoms. The van der Waals surface area contributed by atoms with Gasteiger partial charge in [-0.15, -0.1) is 12.4 Å². The van der Waals surface area contributed by atoms with E-state index in [-0.39, 0.29) is 24.9 Å². The van der Waals surface area contributed by atoms with E-state index in [4.69, 9.17) is 5.73 Å². The Balaban J connectivity index is 0.00000729. The van der Waals surface area contributed by atoms with Gasteiger partial charge in [0.05, 0.1) is 24.2 Å². The van der Waals surface area contributed by atoms with Crippen molar-refractivity contribution in [3.05, 3.63) is 35.4 Å². The average molecular weight is 424 g/mol. The van der Waals surface area contributed by atoms with Crippen molar-refractivity contribution in [2.45, 2.75) is 52.9 Å². The standard InChI is InChI=1S/C19H28F3N3O2.ClH/c1-11(2)15(23)17(27)24-10-14(26)25-16(18(3,4)5)12-7-6-8-13(9-12)19(20,21)22;/h6-9,11,15-16H,10,23H2,1-5H3,(H,24,27)(H,25,26);1H/t15-,16?;/m0./s1. The predicted molar refractivity (Wildman–Crippen MR) is 105 cm³/mol. The second-order valence-electron chi connectivity index (χ2n) is 7.98. The minimum absolute atomic E-state index is 0. The van der Waals surface area contributed by atoms with Gasteiger partial charge in [-0.25, -0.2) is 0 Å². The number of benzene rings is 1. The van der Waals surface area contributed by atoms with Crippen molar-refractivity contribution in [1.29, 1.82) is 0 Å². The van der Waals surface area contributed by atoms with E-state index in [1.54, 1.807) is 19.9 Å². The molecular formula is C19H29ClF3N3O2. The Hall–Kier alpha value is -1.80. The molecule has 160 valence electrons. The molecule has 0 saturated carbocycles. The molecular weight excluding hydrogens is 395 g/mol. The second-order valence-corrected chi connectivity index (χ2v) is 7.98. The van der Waals surface area contributed by atoms with Crippen molar-refractivity contribution in [3.63, 3.8) is 0 Å². The molecule has 2 amide bonds. The minimum Gasteiger partial charge on any atom is -0.347 e. The van der Waals surface area contributed by atoms with Crippen LogP contribution in [0.2, 0.25) is 0 Å². The van der Waals surface area contributed by atoms with Crippen molar-refractivity contribution in [2.24, 2.45) is 17.1 Å². The maximum absolute atomic E-state index is 13.0. The number of nitrogens with one attached hydrogen (secondary N) is 2. The summed E-state index contributed by atoms with van der Waals surface area (Å²) >= 11 is 0. The van der Waals surface area contributed by atoms with E-state index >= 15 is 0 Å². The molecule has 0 aliphatic carbocycles. The van der Waals surface area contributed by atoms with Crippen molar-refractivity contribution >= 4 is 24.2 Å². The number of carbonyl (C=O) groups excluding carboxylic acids is 2. The zero-order valence-electron chi connectivity index (χ0n) is 16.7. The van der Waals surface area contributed by atoms with Crippen LogP contribution in [0, 0.1) is 11.3 Å². The molecule has 28 heavy (non-hydrogen) atoms. The first-order valence-electron chi connectivity index (χ1n) is 8.73. The van der Waals surface area contributed by atoms with Gasteiger partial charge in [0.25, 0.3) is 0 Å². The fourth-order valence-corrected chi connectivity index (χ4v) is 2.49. The first kappa shape index (κ1) is 26.2. The van der Waals surface area contributed by atoms with E-state index in [1.807, 2.05) is 20.8 Å². The number of carbonyl (C=O) groups is 2. The lowest BCUT2D eigenvalue weighted by Crippen LogP contribution is -2.48. The smallest absolute Gasteiger partial charge is 0.347 e. The Bertz CT molecular complexity index is 673. The van der Waals surface area contributed by atoms with E-state index < -0.39 is 41.1 Å². The Morgan fingerprint density at radius 3 is 2.18 bits per heavy atom. The molecule has 0 bridgehead atoms. The van der Waals surface area contributed by atoms with Gasteiger partial charge in [0.2, 0.25) is 11.8 Å². The average Bonchev–Trinajstić information content (AvgIpc) is 2.55. The molecule has 4 N–H and O–H groups in total. The van der Waals surface area contributed by atoms with Gasteiger partial charge in [-0.05, 0) is 29.0 Å². The molecule has 1 aromatic carbocycles. The molecule has 0 spiro atoms. The molecule has 1 unspecified atom stereocenters. The van der Waals surface area contributed by atoms with Gasteiger partial charge in [0.15, 0.2) is 0 Å². The number of nitrogens with two attached hydrogens (primary N) is 1. The van der Waals surface area contributed by atoms with Crippen LogP contribution in [-0.4, -0.2) is 24.4 Å². The lowest BCUT2D eigenvalue weighted by Gasteiger charge is -2.32. The summed E-state index contributed by atoms with van der Waals surface area (Å²) in [6, 6.07) is 3.47. The Kier molecular flexibility index (Phi) is 9.46. The largest absolute Gasteiger partial charge is 0.416 e. The number of rotatable bonds is 6. The van der Waals surface area contributed by atoms with Gasteiger partial charge in [0.1, 0.15) is 0 Å². The fraction of sp³-hybridized carbons (Fsp3) is 0.579. The molecule has 5 nitrogen and oxygen atoms in total. The van der Waals surface area contributed by atoms with Crippen LogP contribution < -0.4 is 16.4 Å². The zero-order valence-corrected chi connectivity index (χ0v) is 17.5. The maximum atomic E-state index is 13.0. The number of amides is 2. The molecule has 0 saturated heterocycles. The topological polar surface area (TPSA) is 84.2 Å². The first-order chi connectivity index (χ1) is 12.2. The van der Waals surface area contributed by atoms with E-state index in [1.165, 1.54) is 6.07 Å². The Morgan fingerprint density at radius 1 is 1.14 bits per heavy atom. The van der Waals surface area contributed by atoms with Crippen molar-refractivity contribution < 1.29 is 22.8 Å². The van der Waals surface area contributed by atoms with Gasteiger partial charge < -0.3 is 16.4 Å². The lowest BCUT2D eigenvalue weighted by atomic mass is 9.82. The highest BCUT2D eigenvalue weighted by Gasteiger charge is 2.33. The van der Waals surface area contributed by atoms with Gasteiger partial charge in [-0.2, -0.15) is 13.2 Å². The zero-order chi connectivity index (χ0) is 21.0. The maximum Gasteiger partial charge on any atom is 0.416 e. The lowest BCUT2D eigenvalue weighted by molar-refractivity contribution is -0.137. The Labute approximate surface area is 170 Å². The van der Waals surface area contributed by atoms with Crippen LogP contribution in [0.1, 0.15) is 51.8 Å². The van der Waals surface area contributed by atoms with Crippen LogP contribution in [-0.2, 0) is 15.8 Å². The van der Waals surface area contributed by atoms with E-state index in [0.29, 0.717) is 5.56 Å². The van der Waals surface area contributed by atoms with Crippen LogP contribution >= 0.6 is 12.4 Å². The summed E-state index contributed by atoms with van der Waals surface area (Å²) in [5, 5.41) is 5.17. The molecule has 0 aliphatic rings. The highest BCUT2D eigenvalue weighted by atomic mass is 35.5. The third-order valence-electron chi connectivity index (χ3n) is 4.16. The van der Waals surface area contributed by atoms with E-state index in [0.717, 1.165) is 12.1 Å². The molecule has 0 aromatic heterocycles. The van der Waals surface area contributed by atoms with Crippen LogP contribution in [0.4, 0.5) is 13.2 Å². The van der Waals surface area contributed by atoms with Gasteiger partial charge in [0, 0.05) is 0 Å². The number of hydrogen-bond acceptors (Lipinski definition) is 3. The van der Waals surface area contributed by atoms with Gasteiger partial charge in [-0.3, -0.25) is 9.59 Å². The molecule has 1 rings (SSSR count). The highest BCUT2D eigenvalue weighted by molar-refractivity contribution is 5.87. The van der Waals surface area contributed by atoms with Gasteiger partial charge in [-0.1, -0.05) is 46.8 Å². The SMILES string of the molecule is CC(C)[C@H](N)C(=O)NCC(=O)NC(c1cccc(C(F)(F)F)c1)C(C)(C)C.Cl. The summed E-state index contributed by atoms with van der Waals surface area (Å²) in [5.74, 6) is -1.04. The van der Waals surface area contributed by atoms with Crippen molar-refractivity contribution in [1.82, 2.24) is 10.6 Å². The minimum atomic E-state index is -4.47. The number of halogens is 4. The predicted octanol–water partition coefficient (Wildman–Crippen LogP) is 3.43. The summed E-state index contributed by atoms with van der Waals surface area (Å²) < 4.78 is 39.0. The van der Waals surface area contributed by atoms with Crippen LogP contribution in [0.15, 0.2) is 24.3 Å². The Morgan fingerprint density at radius 2 is 1.71 bits per heavy atom. The molecule has 0 heterocycles.